The summed E-state index contributed by atoms with van der Waals surface area (Å²) < 4.78 is 16.9. The number of halogens is 1. The molecule has 0 atom stereocenters. The molecule has 2 N–H and O–H groups in total. The SMILES string of the molecule is Cc1ncnn1-c1cc(F)ccc1CNC(=O)c1nc2n(c(=O)c1O)CCCC21CCC1. The second kappa shape index (κ2) is 7.54. The van der Waals surface area contributed by atoms with Crippen molar-refractivity contribution in [2.24, 2.45) is 0 Å². The zero-order chi connectivity index (χ0) is 22.5. The summed E-state index contributed by atoms with van der Waals surface area (Å²) in [6.07, 6.45) is 6.08. The van der Waals surface area contributed by atoms with Crippen molar-refractivity contribution < 1.29 is 14.3 Å². The van der Waals surface area contributed by atoms with Crippen molar-refractivity contribution in [3.8, 4) is 11.4 Å². The summed E-state index contributed by atoms with van der Waals surface area (Å²) in [5, 5.41) is 17.2. The molecule has 2 aromatic heterocycles. The highest BCUT2D eigenvalue weighted by Crippen LogP contribution is 2.48. The molecule has 3 heterocycles. The quantitative estimate of drug-likeness (QED) is 0.645. The lowest BCUT2D eigenvalue weighted by Gasteiger charge is -2.45. The van der Waals surface area contributed by atoms with Gasteiger partial charge in [-0.3, -0.25) is 14.2 Å². The average molecular weight is 438 g/mol. The summed E-state index contributed by atoms with van der Waals surface area (Å²) in [7, 11) is 0. The van der Waals surface area contributed by atoms with Gasteiger partial charge in [0.05, 0.1) is 5.69 Å². The van der Waals surface area contributed by atoms with Crippen LogP contribution in [0.5, 0.6) is 5.75 Å². The number of fused-ring (bicyclic) bond motifs is 2. The maximum Gasteiger partial charge on any atom is 0.296 e. The first-order valence-electron chi connectivity index (χ1n) is 10.7. The Morgan fingerprint density at radius 3 is 2.75 bits per heavy atom. The van der Waals surface area contributed by atoms with E-state index >= 15 is 0 Å². The molecule has 1 spiro atoms. The minimum Gasteiger partial charge on any atom is -0.501 e. The van der Waals surface area contributed by atoms with Gasteiger partial charge in [0.1, 0.15) is 23.8 Å². The lowest BCUT2D eigenvalue weighted by Crippen LogP contribution is -2.45. The number of carbonyl (C=O) groups excluding carboxylic acids is 1. The maximum atomic E-state index is 13.9. The van der Waals surface area contributed by atoms with Crippen LogP contribution < -0.4 is 10.9 Å². The van der Waals surface area contributed by atoms with E-state index in [0.717, 1.165) is 32.1 Å². The van der Waals surface area contributed by atoms with E-state index in [4.69, 9.17) is 0 Å². The van der Waals surface area contributed by atoms with Crippen LogP contribution in [0.1, 0.15) is 59.8 Å². The van der Waals surface area contributed by atoms with Crippen LogP contribution in [0.25, 0.3) is 5.69 Å². The fourth-order valence-corrected chi connectivity index (χ4v) is 4.76. The van der Waals surface area contributed by atoms with Crippen LogP contribution in [-0.4, -0.2) is 35.3 Å². The molecule has 32 heavy (non-hydrogen) atoms. The summed E-state index contributed by atoms with van der Waals surface area (Å²) in [5.74, 6) is -0.583. The normalized spacial score (nSPS) is 16.4. The monoisotopic (exact) mass is 438 g/mol. The Bertz CT molecular complexity index is 1280. The summed E-state index contributed by atoms with van der Waals surface area (Å²) in [6, 6.07) is 4.15. The number of hydrogen-bond donors (Lipinski definition) is 2. The molecule has 3 aromatic rings. The van der Waals surface area contributed by atoms with Gasteiger partial charge in [-0.1, -0.05) is 12.5 Å². The second-order valence-corrected chi connectivity index (χ2v) is 8.50. The summed E-state index contributed by atoms with van der Waals surface area (Å²) in [4.78, 5) is 34.2. The molecular weight excluding hydrogens is 415 g/mol. The number of amides is 1. The minimum atomic E-state index is -0.659. The molecule has 1 fully saturated rings. The third-order valence-electron chi connectivity index (χ3n) is 6.62. The second-order valence-electron chi connectivity index (χ2n) is 8.50. The van der Waals surface area contributed by atoms with Crippen LogP contribution in [0.2, 0.25) is 0 Å². The maximum absolute atomic E-state index is 13.9. The Morgan fingerprint density at radius 2 is 2.06 bits per heavy atom. The molecule has 1 saturated carbocycles. The van der Waals surface area contributed by atoms with Crippen LogP contribution in [0.15, 0.2) is 29.3 Å². The Labute approximate surface area is 182 Å². The van der Waals surface area contributed by atoms with Crippen LogP contribution in [0.4, 0.5) is 4.39 Å². The van der Waals surface area contributed by atoms with Gasteiger partial charge in [-0.05, 0) is 50.3 Å². The van der Waals surface area contributed by atoms with E-state index in [9.17, 15) is 19.1 Å². The Balaban J connectivity index is 1.45. The van der Waals surface area contributed by atoms with Crippen molar-refractivity contribution in [2.75, 3.05) is 0 Å². The molecule has 1 aromatic carbocycles. The molecule has 0 bridgehead atoms. The summed E-state index contributed by atoms with van der Waals surface area (Å²) in [5.41, 5.74) is 0.0192. The summed E-state index contributed by atoms with van der Waals surface area (Å²) >= 11 is 0. The number of nitrogens with one attached hydrogen (secondary N) is 1. The highest BCUT2D eigenvalue weighted by molar-refractivity contribution is 5.94. The van der Waals surface area contributed by atoms with E-state index < -0.39 is 23.0 Å². The summed E-state index contributed by atoms with van der Waals surface area (Å²) in [6.45, 7) is 2.26. The van der Waals surface area contributed by atoms with E-state index in [-0.39, 0.29) is 17.7 Å². The van der Waals surface area contributed by atoms with Crippen molar-refractivity contribution in [1.29, 1.82) is 0 Å². The fourth-order valence-electron chi connectivity index (χ4n) is 4.76. The number of aromatic nitrogens is 5. The van der Waals surface area contributed by atoms with E-state index in [1.165, 1.54) is 27.7 Å². The first kappa shape index (κ1) is 20.3. The third-order valence-corrected chi connectivity index (χ3v) is 6.62. The molecule has 2 aliphatic rings. The van der Waals surface area contributed by atoms with Crippen molar-refractivity contribution in [2.45, 2.75) is 57.5 Å². The number of hydrogen-bond acceptors (Lipinski definition) is 6. The number of carbonyl (C=O) groups is 1. The van der Waals surface area contributed by atoms with Crippen LogP contribution >= 0.6 is 0 Å². The first-order valence-corrected chi connectivity index (χ1v) is 10.7. The van der Waals surface area contributed by atoms with Gasteiger partial charge < -0.3 is 10.4 Å². The number of rotatable bonds is 4. The molecular formula is C22H23FN6O3. The number of benzene rings is 1. The molecule has 0 radical (unpaired) electrons. The molecule has 9 nitrogen and oxygen atoms in total. The van der Waals surface area contributed by atoms with Crippen molar-refractivity contribution in [1.82, 2.24) is 29.6 Å². The fraction of sp³-hybridized carbons (Fsp3) is 0.409. The largest absolute Gasteiger partial charge is 0.501 e. The number of aromatic hydroxyl groups is 1. The number of nitrogens with zero attached hydrogens (tertiary/aromatic N) is 5. The van der Waals surface area contributed by atoms with Gasteiger partial charge in [-0.25, -0.2) is 19.0 Å². The molecule has 166 valence electrons. The van der Waals surface area contributed by atoms with Crippen molar-refractivity contribution >= 4 is 5.91 Å². The molecule has 1 amide bonds. The molecule has 1 aliphatic heterocycles. The Morgan fingerprint density at radius 1 is 1.28 bits per heavy atom. The van der Waals surface area contributed by atoms with Gasteiger partial charge in [0.25, 0.3) is 11.5 Å². The molecule has 5 rings (SSSR count). The van der Waals surface area contributed by atoms with E-state index in [0.29, 0.717) is 29.4 Å². The van der Waals surface area contributed by atoms with Gasteiger partial charge in [0, 0.05) is 18.5 Å². The Kier molecular flexibility index (Phi) is 4.79. The van der Waals surface area contributed by atoms with Gasteiger partial charge in [0.15, 0.2) is 5.69 Å². The standard InChI is InChI=1S/C22H23FN6O3/c1-13-25-12-26-29(13)16-10-15(23)5-4-14(16)11-24-19(31)17-18(30)20(32)28-9-3-8-22(6-2-7-22)21(28)27-17/h4-5,10,12,30H,2-3,6-9,11H2,1H3,(H,24,31). The highest BCUT2D eigenvalue weighted by atomic mass is 19.1. The zero-order valence-corrected chi connectivity index (χ0v) is 17.6. The molecule has 1 aliphatic carbocycles. The van der Waals surface area contributed by atoms with Crippen molar-refractivity contribution in [3.63, 3.8) is 0 Å². The first-order chi connectivity index (χ1) is 15.4. The van der Waals surface area contributed by atoms with Gasteiger partial charge in [0.2, 0.25) is 5.75 Å². The minimum absolute atomic E-state index is 0.0262. The van der Waals surface area contributed by atoms with Crippen molar-refractivity contribution in [3.05, 3.63) is 63.6 Å². The lowest BCUT2D eigenvalue weighted by molar-refractivity contribution is 0.0938. The van der Waals surface area contributed by atoms with E-state index in [2.05, 4.69) is 20.4 Å². The smallest absolute Gasteiger partial charge is 0.296 e. The van der Waals surface area contributed by atoms with E-state index in [1.54, 1.807) is 13.0 Å². The molecule has 10 heteroatoms. The van der Waals surface area contributed by atoms with Crippen LogP contribution in [0, 0.1) is 12.7 Å². The molecule has 0 saturated heterocycles. The predicted molar refractivity (Wildman–Crippen MR) is 112 cm³/mol. The highest BCUT2D eigenvalue weighted by Gasteiger charge is 2.45. The van der Waals surface area contributed by atoms with Gasteiger partial charge in [-0.15, -0.1) is 0 Å². The average Bonchev–Trinajstić information content (AvgIpc) is 3.19. The van der Waals surface area contributed by atoms with Gasteiger partial charge in [-0.2, -0.15) is 5.10 Å². The Hall–Kier alpha value is -3.56. The van der Waals surface area contributed by atoms with E-state index in [1.807, 2.05) is 0 Å². The van der Waals surface area contributed by atoms with Gasteiger partial charge >= 0.3 is 0 Å². The lowest BCUT2D eigenvalue weighted by atomic mass is 9.64. The molecule has 0 unspecified atom stereocenters. The third kappa shape index (κ3) is 3.17. The van der Waals surface area contributed by atoms with Crippen LogP contribution in [0.3, 0.4) is 0 Å². The van der Waals surface area contributed by atoms with Crippen LogP contribution in [-0.2, 0) is 18.5 Å². The predicted octanol–water partition coefficient (Wildman–Crippen LogP) is 2.12. The number of aryl methyl sites for hydroxylation is 1. The topological polar surface area (TPSA) is 115 Å². The zero-order valence-electron chi connectivity index (χ0n) is 17.6.